The number of nitro groups is 1. The molecule has 0 radical (unpaired) electrons. The predicted octanol–water partition coefficient (Wildman–Crippen LogP) is 3.39. The summed E-state index contributed by atoms with van der Waals surface area (Å²) in [7, 11) is 0. The van der Waals surface area contributed by atoms with Crippen LogP contribution < -0.4 is 5.32 Å². The van der Waals surface area contributed by atoms with Crippen molar-refractivity contribution in [3.8, 4) is 0 Å². The van der Waals surface area contributed by atoms with Crippen LogP contribution in [0, 0.1) is 16.0 Å². The Hall–Kier alpha value is -1.33. The van der Waals surface area contributed by atoms with E-state index in [4.69, 9.17) is 11.6 Å². The predicted molar refractivity (Wildman–Crippen MR) is 81.4 cm³/mol. The average molecular weight is 298 g/mol. The van der Waals surface area contributed by atoms with Gasteiger partial charge in [0.1, 0.15) is 5.69 Å². The molecule has 1 heterocycles. The minimum atomic E-state index is -0.395. The molecule has 1 aromatic carbocycles. The van der Waals surface area contributed by atoms with Crippen LogP contribution in [-0.4, -0.2) is 36.0 Å². The number of hydrogen-bond donors (Lipinski definition) is 1. The Morgan fingerprint density at radius 2 is 2.15 bits per heavy atom. The molecular weight excluding hydrogens is 278 g/mol. The van der Waals surface area contributed by atoms with Crippen molar-refractivity contribution in [2.24, 2.45) is 5.92 Å². The molecule has 6 heteroatoms. The molecule has 2 rings (SSSR count). The van der Waals surface area contributed by atoms with Gasteiger partial charge in [0.05, 0.1) is 9.95 Å². The molecule has 1 aliphatic rings. The number of nitrogens with one attached hydrogen (secondary N) is 1. The van der Waals surface area contributed by atoms with Crippen molar-refractivity contribution in [2.75, 3.05) is 31.5 Å². The number of para-hydroxylation sites is 1. The van der Waals surface area contributed by atoms with Crippen LogP contribution in [0.25, 0.3) is 0 Å². The summed E-state index contributed by atoms with van der Waals surface area (Å²) in [5.74, 6) is 0.550. The lowest BCUT2D eigenvalue weighted by molar-refractivity contribution is -0.383. The number of anilines is 1. The van der Waals surface area contributed by atoms with E-state index in [1.807, 2.05) is 0 Å². The largest absolute Gasteiger partial charge is 0.378 e. The van der Waals surface area contributed by atoms with Gasteiger partial charge in [0, 0.05) is 12.6 Å². The third kappa shape index (κ3) is 3.61. The van der Waals surface area contributed by atoms with Crippen LogP contribution in [-0.2, 0) is 0 Å². The first-order valence-electron chi connectivity index (χ1n) is 7.01. The van der Waals surface area contributed by atoms with E-state index in [2.05, 4.69) is 17.1 Å². The van der Waals surface area contributed by atoms with Crippen LogP contribution in [0.1, 0.15) is 19.8 Å². The van der Waals surface area contributed by atoms with Crippen LogP contribution in [0.3, 0.4) is 0 Å². The summed E-state index contributed by atoms with van der Waals surface area (Å²) in [6.45, 7) is 6.21. The van der Waals surface area contributed by atoms with Crippen LogP contribution in [0.15, 0.2) is 18.2 Å². The van der Waals surface area contributed by atoms with E-state index < -0.39 is 4.92 Å². The molecule has 20 heavy (non-hydrogen) atoms. The molecule has 0 spiro atoms. The van der Waals surface area contributed by atoms with Crippen molar-refractivity contribution in [1.82, 2.24) is 4.90 Å². The summed E-state index contributed by atoms with van der Waals surface area (Å²) < 4.78 is 0. The van der Waals surface area contributed by atoms with E-state index in [1.54, 1.807) is 12.1 Å². The molecule has 110 valence electrons. The maximum atomic E-state index is 11.0. The smallest absolute Gasteiger partial charge is 0.293 e. The molecule has 0 amide bonds. The van der Waals surface area contributed by atoms with Gasteiger partial charge in [-0.3, -0.25) is 10.1 Å². The highest BCUT2D eigenvalue weighted by Gasteiger charge is 2.21. The van der Waals surface area contributed by atoms with Crippen molar-refractivity contribution in [3.05, 3.63) is 33.3 Å². The average Bonchev–Trinajstić information content (AvgIpc) is 2.46. The Labute approximate surface area is 124 Å². The minimum absolute atomic E-state index is 0.0449. The first kappa shape index (κ1) is 15.1. The maximum Gasteiger partial charge on any atom is 0.293 e. The fourth-order valence-electron chi connectivity index (χ4n) is 2.59. The Balaban J connectivity index is 1.96. The van der Waals surface area contributed by atoms with E-state index in [0.717, 1.165) is 39.0 Å². The van der Waals surface area contributed by atoms with Crippen LogP contribution in [0.5, 0.6) is 0 Å². The Morgan fingerprint density at radius 3 is 2.75 bits per heavy atom. The van der Waals surface area contributed by atoms with Crippen LogP contribution in [0.2, 0.25) is 5.02 Å². The van der Waals surface area contributed by atoms with Gasteiger partial charge in [0.2, 0.25) is 0 Å². The first-order valence-corrected chi connectivity index (χ1v) is 7.38. The number of nitro benzene ring substituents is 1. The number of benzene rings is 1. The molecular formula is C14H20ClN3O2. The molecule has 0 saturated carbocycles. The van der Waals surface area contributed by atoms with Crippen LogP contribution >= 0.6 is 11.6 Å². The molecule has 0 atom stereocenters. The van der Waals surface area contributed by atoms with E-state index in [0.29, 0.717) is 16.6 Å². The highest BCUT2D eigenvalue weighted by atomic mass is 35.5. The Bertz CT molecular complexity index is 473. The molecule has 1 N–H and O–H groups in total. The second-order valence-corrected chi connectivity index (χ2v) is 5.56. The lowest BCUT2D eigenvalue weighted by atomic mass is 9.96. The van der Waals surface area contributed by atoms with Crippen molar-refractivity contribution in [2.45, 2.75) is 19.8 Å². The minimum Gasteiger partial charge on any atom is -0.378 e. The van der Waals surface area contributed by atoms with E-state index in [-0.39, 0.29) is 5.69 Å². The highest BCUT2D eigenvalue weighted by molar-refractivity contribution is 6.33. The molecule has 0 bridgehead atoms. The van der Waals surface area contributed by atoms with E-state index in [1.165, 1.54) is 6.07 Å². The summed E-state index contributed by atoms with van der Waals surface area (Å²) in [5, 5.41) is 14.6. The lowest BCUT2D eigenvalue weighted by Crippen LogP contribution is -2.35. The Morgan fingerprint density at radius 1 is 1.45 bits per heavy atom. The molecule has 5 nitrogen and oxygen atoms in total. The molecule has 1 saturated heterocycles. The Kier molecular flexibility index (Phi) is 5.20. The van der Waals surface area contributed by atoms with Gasteiger partial charge in [-0.05, 0) is 44.5 Å². The zero-order chi connectivity index (χ0) is 14.5. The number of likely N-dealkylation sites (tertiary alicyclic amines) is 1. The van der Waals surface area contributed by atoms with Crippen molar-refractivity contribution >= 4 is 23.0 Å². The number of halogens is 1. The maximum absolute atomic E-state index is 11.0. The molecule has 1 aromatic rings. The molecule has 1 aliphatic heterocycles. The zero-order valence-electron chi connectivity index (χ0n) is 11.6. The highest BCUT2D eigenvalue weighted by Crippen LogP contribution is 2.32. The topological polar surface area (TPSA) is 58.4 Å². The molecule has 0 aliphatic carbocycles. The zero-order valence-corrected chi connectivity index (χ0v) is 12.4. The monoisotopic (exact) mass is 297 g/mol. The summed E-state index contributed by atoms with van der Waals surface area (Å²) >= 11 is 6.06. The third-order valence-corrected chi connectivity index (χ3v) is 4.23. The van der Waals surface area contributed by atoms with Gasteiger partial charge in [0.15, 0.2) is 0 Å². The summed E-state index contributed by atoms with van der Waals surface area (Å²) in [5.41, 5.74) is 0.487. The second-order valence-electron chi connectivity index (χ2n) is 5.15. The summed E-state index contributed by atoms with van der Waals surface area (Å²) in [4.78, 5) is 13.0. The van der Waals surface area contributed by atoms with Gasteiger partial charge in [-0.2, -0.15) is 0 Å². The van der Waals surface area contributed by atoms with Gasteiger partial charge in [-0.15, -0.1) is 0 Å². The normalized spacial score (nSPS) is 17.1. The second kappa shape index (κ2) is 6.90. The molecule has 0 aromatic heterocycles. The number of nitrogens with zero attached hydrogens (tertiary/aromatic N) is 2. The van der Waals surface area contributed by atoms with Crippen molar-refractivity contribution in [3.63, 3.8) is 0 Å². The summed E-state index contributed by atoms with van der Waals surface area (Å²) in [6.07, 6.45) is 2.25. The quantitative estimate of drug-likeness (QED) is 0.668. The van der Waals surface area contributed by atoms with E-state index in [9.17, 15) is 10.1 Å². The van der Waals surface area contributed by atoms with Gasteiger partial charge in [-0.1, -0.05) is 24.6 Å². The van der Waals surface area contributed by atoms with Crippen molar-refractivity contribution < 1.29 is 4.92 Å². The van der Waals surface area contributed by atoms with E-state index >= 15 is 0 Å². The fourth-order valence-corrected chi connectivity index (χ4v) is 2.83. The molecule has 1 fully saturated rings. The number of hydrogen-bond acceptors (Lipinski definition) is 4. The van der Waals surface area contributed by atoms with Crippen molar-refractivity contribution in [1.29, 1.82) is 0 Å². The van der Waals surface area contributed by atoms with Gasteiger partial charge >= 0.3 is 0 Å². The number of piperidine rings is 1. The van der Waals surface area contributed by atoms with Gasteiger partial charge < -0.3 is 10.2 Å². The molecule has 0 unspecified atom stereocenters. The van der Waals surface area contributed by atoms with Crippen LogP contribution in [0.4, 0.5) is 11.4 Å². The fraction of sp³-hybridized carbons (Fsp3) is 0.571. The van der Waals surface area contributed by atoms with Gasteiger partial charge in [-0.25, -0.2) is 0 Å². The lowest BCUT2D eigenvalue weighted by Gasteiger charge is -2.31. The summed E-state index contributed by atoms with van der Waals surface area (Å²) in [6, 6.07) is 4.76. The number of rotatable bonds is 5. The third-order valence-electron chi connectivity index (χ3n) is 3.91. The SMILES string of the molecule is CCN1CCC(CNc2c(Cl)cccc2[N+](=O)[O-])CC1. The standard InChI is InChI=1S/C14H20ClN3O2/c1-2-17-8-6-11(7-9-17)10-16-14-12(15)4-3-5-13(14)18(19)20/h3-5,11,16H,2,6-10H2,1H3. The van der Waals surface area contributed by atoms with Gasteiger partial charge in [0.25, 0.3) is 5.69 Å². The first-order chi connectivity index (χ1) is 9.61.